The van der Waals surface area contributed by atoms with Crippen LogP contribution in [0.1, 0.15) is 21.5 Å². The minimum atomic E-state index is -0.300. The van der Waals surface area contributed by atoms with Gasteiger partial charge in [0, 0.05) is 31.4 Å². The first-order valence-electron chi connectivity index (χ1n) is 7.42. The molecule has 0 radical (unpaired) electrons. The summed E-state index contributed by atoms with van der Waals surface area (Å²) in [6.45, 7) is 1.97. The molecular weight excluding hydrogens is 288 g/mol. The molecule has 0 N–H and O–H groups in total. The smallest absolute Gasteiger partial charge is 0.267 e. The Morgan fingerprint density at radius 3 is 2.09 bits per heavy atom. The Kier molecular flexibility index (Phi) is 3.74. The number of benzene rings is 2. The van der Waals surface area contributed by atoms with Crippen molar-refractivity contribution in [3.05, 3.63) is 71.4 Å². The summed E-state index contributed by atoms with van der Waals surface area (Å²) in [5, 5.41) is 0. The number of carbonyl (C=O) groups is 2. The highest BCUT2D eigenvalue weighted by atomic mass is 16.2. The molecule has 2 amide bonds. The third-order valence-corrected chi connectivity index (χ3v) is 3.76. The Morgan fingerprint density at radius 1 is 0.870 bits per heavy atom. The molecule has 2 aromatic carbocycles. The second-order valence-electron chi connectivity index (χ2n) is 5.83. The lowest BCUT2D eigenvalue weighted by atomic mass is 9.93. The van der Waals surface area contributed by atoms with E-state index in [-0.39, 0.29) is 11.8 Å². The second kappa shape index (κ2) is 5.72. The monoisotopic (exact) mass is 306 g/mol. The summed E-state index contributed by atoms with van der Waals surface area (Å²) < 4.78 is 0. The Morgan fingerprint density at radius 2 is 1.48 bits per heavy atom. The number of hydrogen-bond donors (Lipinski definition) is 0. The van der Waals surface area contributed by atoms with Crippen LogP contribution in [0.25, 0.3) is 5.57 Å². The number of aryl methyl sites for hydroxylation is 1. The van der Waals surface area contributed by atoms with Gasteiger partial charge in [-0.1, -0.05) is 35.9 Å². The van der Waals surface area contributed by atoms with Crippen LogP contribution in [0.4, 0.5) is 5.69 Å². The fourth-order valence-electron chi connectivity index (χ4n) is 2.66. The van der Waals surface area contributed by atoms with Gasteiger partial charge in [-0.2, -0.15) is 0 Å². The molecular formula is C19H18N2O2. The molecule has 0 aliphatic carbocycles. The zero-order chi connectivity index (χ0) is 16.6. The van der Waals surface area contributed by atoms with Gasteiger partial charge in [0.2, 0.25) is 0 Å². The minimum Gasteiger partial charge on any atom is -0.383 e. The molecule has 0 aromatic heterocycles. The summed E-state index contributed by atoms with van der Waals surface area (Å²) in [7, 11) is 3.71. The van der Waals surface area contributed by atoms with Gasteiger partial charge in [-0.25, -0.2) is 4.90 Å². The van der Waals surface area contributed by atoms with Crippen LogP contribution in [-0.4, -0.2) is 30.8 Å². The van der Waals surface area contributed by atoms with Gasteiger partial charge < -0.3 is 4.90 Å². The van der Waals surface area contributed by atoms with Crippen LogP contribution in [0.2, 0.25) is 0 Å². The van der Waals surface area contributed by atoms with Crippen LogP contribution in [0.3, 0.4) is 0 Å². The first-order chi connectivity index (χ1) is 11.0. The van der Waals surface area contributed by atoms with Crippen molar-refractivity contribution < 1.29 is 9.59 Å². The number of rotatable bonds is 2. The van der Waals surface area contributed by atoms with Gasteiger partial charge in [0.25, 0.3) is 11.8 Å². The first kappa shape index (κ1) is 15.0. The third kappa shape index (κ3) is 2.63. The average Bonchev–Trinajstić information content (AvgIpc) is 2.53. The van der Waals surface area contributed by atoms with Gasteiger partial charge in [-0.3, -0.25) is 9.59 Å². The summed E-state index contributed by atoms with van der Waals surface area (Å²) in [5.74, 6) is -0.586. The molecule has 1 heterocycles. The Balaban J connectivity index is 2.18. The molecule has 1 aliphatic heterocycles. The molecule has 0 saturated carbocycles. The normalized spacial score (nSPS) is 15.8. The third-order valence-electron chi connectivity index (χ3n) is 3.76. The number of imide groups is 1. The van der Waals surface area contributed by atoms with Gasteiger partial charge in [-0.15, -0.1) is 0 Å². The highest BCUT2D eigenvalue weighted by Crippen LogP contribution is 2.32. The first-order valence-corrected chi connectivity index (χ1v) is 7.42. The van der Waals surface area contributed by atoms with Crippen LogP contribution in [0, 0.1) is 6.92 Å². The highest BCUT2D eigenvalue weighted by molar-refractivity contribution is 6.40. The Bertz CT molecular complexity index is 804. The fourth-order valence-corrected chi connectivity index (χ4v) is 2.66. The quantitative estimate of drug-likeness (QED) is 0.632. The Hall–Kier alpha value is -2.88. The lowest BCUT2D eigenvalue weighted by Gasteiger charge is -2.29. The SMILES string of the molecule is Cc1ccc(N2C(=O)/C(=C/N(C)C)c3ccccc3C2=O)cc1. The molecule has 2 aromatic rings. The number of fused-ring (bicyclic) bond motifs is 1. The predicted octanol–water partition coefficient (Wildman–Crippen LogP) is 3.08. The molecule has 4 nitrogen and oxygen atoms in total. The van der Waals surface area contributed by atoms with E-state index in [1.54, 1.807) is 24.4 Å². The number of hydrogen-bond acceptors (Lipinski definition) is 3. The molecule has 0 saturated heterocycles. The largest absolute Gasteiger partial charge is 0.383 e. The zero-order valence-corrected chi connectivity index (χ0v) is 13.4. The molecule has 0 bridgehead atoms. The molecule has 23 heavy (non-hydrogen) atoms. The number of carbonyl (C=O) groups excluding carboxylic acids is 2. The van der Waals surface area contributed by atoms with E-state index in [4.69, 9.17) is 0 Å². The van der Waals surface area contributed by atoms with Crippen molar-refractivity contribution in [1.82, 2.24) is 4.90 Å². The lowest BCUT2D eigenvalue weighted by Crippen LogP contribution is -2.42. The van der Waals surface area contributed by atoms with Gasteiger partial charge in [0.15, 0.2) is 0 Å². The average molecular weight is 306 g/mol. The highest BCUT2D eigenvalue weighted by Gasteiger charge is 2.35. The molecule has 0 spiro atoms. The van der Waals surface area contributed by atoms with Crippen LogP contribution in [-0.2, 0) is 4.79 Å². The topological polar surface area (TPSA) is 40.6 Å². The van der Waals surface area contributed by atoms with E-state index in [1.165, 1.54) is 4.90 Å². The van der Waals surface area contributed by atoms with Crippen molar-refractivity contribution in [2.45, 2.75) is 6.92 Å². The molecule has 116 valence electrons. The van der Waals surface area contributed by atoms with E-state index in [9.17, 15) is 9.59 Å². The van der Waals surface area contributed by atoms with Crippen LogP contribution < -0.4 is 4.90 Å². The van der Waals surface area contributed by atoms with E-state index in [0.717, 1.165) is 5.56 Å². The predicted molar refractivity (Wildman–Crippen MR) is 91.1 cm³/mol. The van der Waals surface area contributed by atoms with Crippen LogP contribution >= 0.6 is 0 Å². The summed E-state index contributed by atoms with van der Waals surface area (Å²) in [6, 6.07) is 14.6. The Labute approximate surface area is 135 Å². The molecule has 0 unspecified atom stereocenters. The number of nitrogens with zero attached hydrogens (tertiary/aromatic N) is 2. The van der Waals surface area contributed by atoms with Crippen LogP contribution in [0.5, 0.6) is 0 Å². The van der Waals surface area contributed by atoms with E-state index in [1.807, 2.05) is 56.3 Å². The van der Waals surface area contributed by atoms with E-state index >= 15 is 0 Å². The maximum Gasteiger partial charge on any atom is 0.267 e. The minimum absolute atomic E-state index is 0.287. The maximum atomic E-state index is 12.9. The molecule has 0 atom stereocenters. The van der Waals surface area contributed by atoms with Crippen molar-refractivity contribution in [2.24, 2.45) is 0 Å². The second-order valence-corrected chi connectivity index (χ2v) is 5.83. The van der Waals surface area contributed by atoms with Crippen molar-refractivity contribution in [3.63, 3.8) is 0 Å². The van der Waals surface area contributed by atoms with Crippen molar-refractivity contribution >= 4 is 23.1 Å². The van der Waals surface area contributed by atoms with Gasteiger partial charge >= 0.3 is 0 Å². The number of anilines is 1. The van der Waals surface area contributed by atoms with E-state index in [2.05, 4.69) is 0 Å². The summed E-state index contributed by atoms with van der Waals surface area (Å²) in [6.07, 6.45) is 1.76. The lowest BCUT2D eigenvalue weighted by molar-refractivity contribution is -0.112. The fraction of sp³-hybridized carbons (Fsp3) is 0.158. The maximum absolute atomic E-state index is 12.9. The van der Waals surface area contributed by atoms with Crippen molar-refractivity contribution in [3.8, 4) is 0 Å². The summed E-state index contributed by atoms with van der Waals surface area (Å²) in [4.78, 5) is 28.8. The number of amides is 2. The van der Waals surface area contributed by atoms with E-state index < -0.39 is 0 Å². The molecule has 3 rings (SSSR count). The summed E-state index contributed by atoms with van der Waals surface area (Å²) >= 11 is 0. The van der Waals surface area contributed by atoms with E-state index in [0.29, 0.717) is 22.4 Å². The molecule has 0 fully saturated rings. The van der Waals surface area contributed by atoms with Crippen molar-refractivity contribution in [2.75, 3.05) is 19.0 Å². The molecule has 1 aliphatic rings. The standard InChI is InChI=1S/C19H18N2O2/c1-13-8-10-14(11-9-13)21-18(22)16-7-5-4-6-15(16)17(19(21)23)12-20(2)3/h4-12H,1-3H3/b17-12+. The van der Waals surface area contributed by atoms with Gasteiger partial charge in [-0.05, 0) is 25.1 Å². The van der Waals surface area contributed by atoms with Gasteiger partial charge in [0.05, 0.1) is 11.3 Å². The zero-order valence-electron chi connectivity index (χ0n) is 13.4. The van der Waals surface area contributed by atoms with Gasteiger partial charge in [0.1, 0.15) is 0 Å². The molecule has 4 heteroatoms. The van der Waals surface area contributed by atoms with Crippen molar-refractivity contribution in [1.29, 1.82) is 0 Å². The summed E-state index contributed by atoms with van der Waals surface area (Å²) in [5.41, 5.74) is 3.41. The van der Waals surface area contributed by atoms with Crippen LogP contribution in [0.15, 0.2) is 54.7 Å².